The number of rotatable bonds is 5. The molecule has 0 fully saturated rings. The number of carbonyl (C=O) groups excluding carboxylic acids is 1. The first-order chi connectivity index (χ1) is 13.2. The molecule has 0 aliphatic rings. The van der Waals surface area contributed by atoms with Crippen molar-refractivity contribution in [3.05, 3.63) is 74.8 Å². The molecule has 0 saturated carbocycles. The summed E-state index contributed by atoms with van der Waals surface area (Å²) in [4.78, 5) is 31.2. The lowest BCUT2D eigenvalue weighted by Gasteiger charge is -2.18. The highest BCUT2D eigenvalue weighted by Crippen LogP contribution is 2.21. The summed E-state index contributed by atoms with van der Waals surface area (Å²) in [5.74, 6) is -0.0920. The Bertz CT molecular complexity index is 1080. The maximum atomic E-state index is 12.5. The lowest BCUT2D eigenvalue weighted by molar-refractivity contribution is -0.117. The molecule has 1 amide bonds. The second-order valence-corrected chi connectivity index (χ2v) is 7.51. The summed E-state index contributed by atoms with van der Waals surface area (Å²) in [6.45, 7) is 8.59. The molecule has 2 heterocycles. The van der Waals surface area contributed by atoms with Crippen LogP contribution in [0.15, 0.2) is 41.3 Å². The zero-order valence-electron chi connectivity index (χ0n) is 17.0. The SMILES string of the molecule is Cc1cc(C)c(NC(=O)CN(C)Cc2cc(=O)n3cc(C)ccc3n2)c(C)c1. The van der Waals surface area contributed by atoms with Gasteiger partial charge in [0.25, 0.3) is 5.56 Å². The van der Waals surface area contributed by atoms with Gasteiger partial charge in [-0.15, -0.1) is 0 Å². The van der Waals surface area contributed by atoms with Gasteiger partial charge in [-0.2, -0.15) is 0 Å². The van der Waals surface area contributed by atoms with Gasteiger partial charge in [-0.05, 0) is 57.5 Å². The number of aryl methyl sites for hydroxylation is 4. The van der Waals surface area contributed by atoms with Crippen LogP contribution in [0, 0.1) is 27.7 Å². The Morgan fingerprint density at radius 3 is 2.43 bits per heavy atom. The van der Waals surface area contributed by atoms with Crippen molar-refractivity contribution < 1.29 is 4.79 Å². The maximum Gasteiger partial charge on any atom is 0.258 e. The number of amides is 1. The number of hydrogen-bond donors (Lipinski definition) is 1. The predicted octanol–water partition coefficient (Wildman–Crippen LogP) is 3.00. The summed E-state index contributed by atoms with van der Waals surface area (Å²) in [7, 11) is 1.84. The largest absolute Gasteiger partial charge is 0.324 e. The van der Waals surface area contributed by atoms with Gasteiger partial charge in [0.15, 0.2) is 0 Å². The Labute approximate surface area is 164 Å². The highest BCUT2D eigenvalue weighted by atomic mass is 16.2. The van der Waals surface area contributed by atoms with Crippen molar-refractivity contribution in [2.45, 2.75) is 34.2 Å². The Hall–Kier alpha value is -2.99. The van der Waals surface area contributed by atoms with E-state index in [1.165, 1.54) is 16.0 Å². The van der Waals surface area contributed by atoms with Crippen LogP contribution in [0.5, 0.6) is 0 Å². The number of nitrogens with one attached hydrogen (secondary N) is 1. The fourth-order valence-electron chi connectivity index (χ4n) is 3.47. The van der Waals surface area contributed by atoms with Crippen LogP contribution in [0.1, 0.15) is 27.9 Å². The lowest BCUT2D eigenvalue weighted by atomic mass is 10.1. The first kappa shape index (κ1) is 19.8. The molecule has 1 N–H and O–H groups in total. The highest BCUT2D eigenvalue weighted by molar-refractivity contribution is 5.93. The minimum Gasteiger partial charge on any atom is -0.324 e. The normalized spacial score (nSPS) is 11.2. The van der Waals surface area contributed by atoms with Crippen molar-refractivity contribution in [2.75, 3.05) is 18.9 Å². The van der Waals surface area contributed by atoms with Crippen molar-refractivity contribution in [2.24, 2.45) is 0 Å². The van der Waals surface area contributed by atoms with E-state index >= 15 is 0 Å². The summed E-state index contributed by atoms with van der Waals surface area (Å²) in [5, 5.41) is 3.00. The number of nitrogens with zero attached hydrogens (tertiary/aromatic N) is 3. The van der Waals surface area contributed by atoms with Gasteiger partial charge in [0.05, 0.1) is 12.2 Å². The molecule has 0 spiro atoms. The quantitative estimate of drug-likeness (QED) is 0.741. The summed E-state index contributed by atoms with van der Waals surface area (Å²) >= 11 is 0. The molecule has 0 radical (unpaired) electrons. The fraction of sp³-hybridized carbons (Fsp3) is 0.318. The van der Waals surface area contributed by atoms with E-state index in [4.69, 9.17) is 0 Å². The number of pyridine rings is 1. The number of fused-ring (bicyclic) bond motifs is 1. The molecule has 6 nitrogen and oxygen atoms in total. The average Bonchev–Trinajstić information content (AvgIpc) is 2.58. The number of hydrogen-bond acceptors (Lipinski definition) is 4. The van der Waals surface area contributed by atoms with Gasteiger partial charge >= 0.3 is 0 Å². The van der Waals surface area contributed by atoms with E-state index in [-0.39, 0.29) is 18.0 Å². The Morgan fingerprint density at radius 2 is 1.75 bits per heavy atom. The summed E-state index contributed by atoms with van der Waals surface area (Å²) in [5.41, 5.74) is 6.27. The third-order valence-corrected chi connectivity index (χ3v) is 4.65. The van der Waals surface area contributed by atoms with Crippen molar-refractivity contribution in [3.8, 4) is 0 Å². The standard InChI is InChI=1S/C22H26N4O2/c1-14-6-7-19-23-18(10-21(28)26(19)11-14)12-25(5)13-20(27)24-22-16(3)8-15(2)9-17(22)4/h6-11H,12-13H2,1-5H3,(H,24,27). The van der Waals surface area contributed by atoms with Crippen molar-refractivity contribution in [1.29, 1.82) is 0 Å². The molecular formula is C22H26N4O2. The molecule has 1 aromatic carbocycles. The molecule has 146 valence electrons. The van der Waals surface area contributed by atoms with Gasteiger partial charge in [0.2, 0.25) is 5.91 Å². The minimum absolute atomic E-state index is 0.0920. The topological polar surface area (TPSA) is 66.7 Å². The van der Waals surface area contributed by atoms with E-state index in [1.54, 1.807) is 6.20 Å². The minimum atomic E-state index is -0.118. The number of likely N-dealkylation sites (N-methyl/N-ethyl adjacent to an activating group) is 1. The van der Waals surface area contributed by atoms with E-state index in [0.717, 1.165) is 22.4 Å². The van der Waals surface area contributed by atoms with Gasteiger partial charge in [0, 0.05) is 24.5 Å². The monoisotopic (exact) mass is 378 g/mol. The van der Waals surface area contributed by atoms with Crippen molar-refractivity contribution >= 4 is 17.2 Å². The first-order valence-corrected chi connectivity index (χ1v) is 9.28. The molecule has 0 unspecified atom stereocenters. The van der Waals surface area contributed by atoms with Gasteiger partial charge < -0.3 is 5.32 Å². The van der Waals surface area contributed by atoms with Gasteiger partial charge in [-0.1, -0.05) is 23.8 Å². The number of aromatic nitrogens is 2. The summed E-state index contributed by atoms with van der Waals surface area (Å²) in [6, 6.07) is 9.39. The molecule has 0 bridgehead atoms. The Morgan fingerprint density at radius 1 is 1.07 bits per heavy atom. The zero-order valence-corrected chi connectivity index (χ0v) is 17.0. The Balaban J connectivity index is 1.69. The molecule has 0 aliphatic carbocycles. The van der Waals surface area contributed by atoms with Crippen LogP contribution in [-0.2, 0) is 11.3 Å². The highest BCUT2D eigenvalue weighted by Gasteiger charge is 2.12. The molecule has 3 rings (SSSR count). The molecule has 2 aromatic heterocycles. The predicted molar refractivity (Wildman–Crippen MR) is 112 cm³/mol. The molecule has 0 aliphatic heterocycles. The third-order valence-electron chi connectivity index (χ3n) is 4.65. The molecule has 0 saturated heterocycles. The Kier molecular flexibility index (Phi) is 5.61. The lowest BCUT2D eigenvalue weighted by Crippen LogP contribution is -2.31. The van der Waals surface area contributed by atoms with Crippen LogP contribution >= 0.6 is 0 Å². The number of carbonyl (C=O) groups is 1. The number of benzene rings is 1. The van der Waals surface area contributed by atoms with E-state index in [2.05, 4.69) is 22.4 Å². The van der Waals surface area contributed by atoms with Crippen LogP contribution in [-0.4, -0.2) is 33.8 Å². The first-order valence-electron chi connectivity index (χ1n) is 9.28. The molecule has 3 aromatic rings. The van der Waals surface area contributed by atoms with E-state index in [0.29, 0.717) is 17.9 Å². The smallest absolute Gasteiger partial charge is 0.258 e. The van der Waals surface area contributed by atoms with E-state index in [1.807, 2.05) is 51.8 Å². The van der Waals surface area contributed by atoms with Crippen LogP contribution in [0.2, 0.25) is 0 Å². The molecule has 0 atom stereocenters. The van der Waals surface area contributed by atoms with Gasteiger partial charge in [-0.25, -0.2) is 4.98 Å². The van der Waals surface area contributed by atoms with E-state index in [9.17, 15) is 9.59 Å². The van der Waals surface area contributed by atoms with Gasteiger partial charge in [0.1, 0.15) is 5.65 Å². The number of anilines is 1. The van der Waals surface area contributed by atoms with Gasteiger partial charge in [-0.3, -0.25) is 18.9 Å². The summed E-state index contributed by atoms with van der Waals surface area (Å²) in [6.07, 6.45) is 1.78. The van der Waals surface area contributed by atoms with Crippen LogP contribution < -0.4 is 10.9 Å². The van der Waals surface area contributed by atoms with Crippen molar-refractivity contribution in [3.63, 3.8) is 0 Å². The van der Waals surface area contributed by atoms with E-state index < -0.39 is 0 Å². The second kappa shape index (κ2) is 7.94. The van der Waals surface area contributed by atoms with Crippen LogP contribution in [0.25, 0.3) is 5.65 Å². The molecule has 6 heteroatoms. The fourth-order valence-corrected chi connectivity index (χ4v) is 3.47. The van der Waals surface area contributed by atoms with Crippen LogP contribution in [0.4, 0.5) is 5.69 Å². The summed E-state index contributed by atoms with van der Waals surface area (Å²) < 4.78 is 1.54. The van der Waals surface area contributed by atoms with Crippen molar-refractivity contribution in [1.82, 2.24) is 14.3 Å². The maximum absolute atomic E-state index is 12.5. The van der Waals surface area contributed by atoms with Crippen LogP contribution in [0.3, 0.4) is 0 Å². The second-order valence-electron chi connectivity index (χ2n) is 7.51. The molecule has 28 heavy (non-hydrogen) atoms. The zero-order chi connectivity index (χ0) is 20.4. The third kappa shape index (κ3) is 4.46. The molecular weight excluding hydrogens is 352 g/mol. The average molecular weight is 378 g/mol.